The van der Waals surface area contributed by atoms with Crippen molar-refractivity contribution in [3.8, 4) is 5.75 Å². The Morgan fingerprint density at radius 1 is 1.05 bits per heavy atom. The molecule has 5 heteroatoms. The van der Waals surface area contributed by atoms with E-state index < -0.39 is 17.5 Å². The van der Waals surface area contributed by atoms with Crippen molar-refractivity contribution in [3.05, 3.63) is 59.4 Å². The summed E-state index contributed by atoms with van der Waals surface area (Å²) in [4.78, 5) is 0. The number of nitrogens with one attached hydrogen (secondary N) is 1. The molecule has 0 heterocycles. The first kappa shape index (κ1) is 14.2. The first-order valence-electron chi connectivity index (χ1n) is 6.21. The van der Waals surface area contributed by atoms with Crippen LogP contribution in [0.15, 0.2) is 36.4 Å². The van der Waals surface area contributed by atoms with Gasteiger partial charge in [0.25, 0.3) is 0 Å². The minimum Gasteiger partial charge on any atom is -0.508 e. The van der Waals surface area contributed by atoms with Gasteiger partial charge >= 0.3 is 0 Å². The van der Waals surface area contributed by atoms with E-state index in [0.29, 0.717) is 18.6 Å². The first-order chi connectivity index (χ1) is 9.51. The molecular weight excluding hydrogens is 267 g/mol. The van der Waals surface area contributed by atoms with Crippen molar-refractivity contribution in [1.82, 2.24) is 0 Å². The molecule has 0 aliphatic rings. The highest BCUT2D eigenvalue weighted by molar-refractivity contribution is 5.48. The lowest BCUT2D eigenvalue weighted by Crippen LogP contribution is -2.12. The van der Waals surface area contributed by atoms with Gasteiger partial charge in [0, 0.05) is 12.1 Å². The zero-order valence-electron chi connectivity index (χ0n) is 10.8. The van der Waals surface area contributed by atoms with E-state index in [1.54, 1.807) is 12.1 Å². The van der Waals surface area contributed by atoms with Gasteiger partial charge in [-0.3, -0.25) is 0 Å². The highest BCUT2D eigenvalue weighted by atomic mass is 19.1. The SMILES string of the molecule is CCC(Nc1c(F)cc(F)cc1F)c1ccc(O)cc1. The van der Waals surface area contributed by atoms with Gasteiger partial charge in [-0.25, -0.2) is 13.2 Å². The van der Waals surface area contributed by atoms with Gasteiger partial charge in [0.1, 0.15) is 17.3 Å². The van der Waals surface area contributed by atoms with Crippen LogP contribution in [0.5, 0.6) is 5.75 Å². The summed E-state index contributed by atoms with van der Waals surface area (Å²) in [6.45, 7) is 1.85. The van der Waals surface area contributed by atoms with Crippen LogP contribution in [0.4, 0.5) is 18.9 Å². The molecular formula is C15H14F3NO. The fourth-order valence-electron chi connectivity index (χ4n) is 1.98. The van der Waals surface area contributed by atoms with Gasteiger partial charge in [-0.05, 0) is 24.1 Å². The molecule has 2 aromatic carbocycles. The molecule has 0 spiro atoms. The quantitative estimate of drug-likeness (QED) is 0.872. The summed E-state index contributed by atoms with van der Waals surface area (Å²) >= 11 is 0. The van der Waals surface area contributed by atoms with Crippen LogP contribution in [0, 0.1) is 17.5 Å². The Balaban J connectivity index is 2.29. The Bertz CT molecular complexity index is 576. The molecule has 0 bridgehead atoms. The van der Waals surface area contributed by atoms with E-state index in [9.17, 15) is 18.3 Å². The van der Waals surface area contributed by atoms with Crippen molar-refractivity contribution < 1.29 is 18.3 Å². The van der Waals surface area contributed by atoms with E-state index >= 15 is 0 Å². The monoisotopic (exact) mass is 281 g/mol. The van der Waals surface area contributed by atoms with Crippen molar-refractivity contribution in [3.63, 3.8) is 0 Å². The Morgan fingerprint density at radius 3 is 2.10 bits per heavy atom. The van der Waals surface area contributed by atoms with Crippen LogP contribution in [0.3, 0.4) is 0 Å². The maximum atomic E-state index is 13.6. The minimum absolute atomic E-state index is 0.114. The summed E-state index contributed by atoms with van der Waals surface area (Å²) in [6.07, 6.45) is 0.570. The van der Waals surface area contributed by atoms with Gasteiger partial charge in [-0.1, -0.05) is 19.1 Å². The number of phenolic OH excluding ortho intramolecular Hbond substituents is 1. The predicted molar refractivity (Wildman–Crippen MR) is 71.1 cm³/mol. The fraction of sp³-hybridized carbons (Fsp3) is 0.200. The van der Waals surface area contributed by atoms with Gasteiger partial charge in [0.05, 0.1) is 6.04 Å². The average Bonchev–Trinajstić information content (AvgIpc) is 2.39. The maximum Gasteiger partial charge on any atom is 0.152 e. The third kappa shape index (κ3) is 3.04. The third-order valence-electron chi connectivity index (χ3n) is 3.03. The van der Waals surface area contributed by atoms with E-state index in [-0.39, 0.29) is 17.5 Å². The van der Waals surface area contributed by atoms with Crippen molar-refractivity contribution >= 4 is 5.69 Å². The molecule has 0 saturated carbocycles. The molecule has 106 valence electrons. The molecule has 2 N–H and O–H groups in total. The molecule has 0 amide bonds. The number of hydrogen-bond donors (Lipinski definition) is 2. The number of phenols is 1. The lowest BCUT2D eigenvalue weighted by Gasteiger charge is -2.19. The zero-order valence-corrected chi connectivity index (χ0v) is 10.8. The molecule has 20 heavy (non-hydrogen) atoms. The molecule has 0 aliphatic carbocycles. The van der Waals surface area contributed by atoms with Crippen molar-refractivity contribution in [2.24, 2.45) is 0 Å². The van der Waals surface area contributed by atoms with Gasteiger partial charge in [-0.2, -0.15) is 0 Å². The zero-order chi connectivity index (χ0) is 14.7. The lowest BCUT2D eigenvalue weighted by molar-refractivity contribution is 0.475. The number of rotatable bonds is 4. The molecule has 0 aliphatic heterocycles. The summed E-state index contributed by atoms with van der Waals surface area (Å²) < 4.78 is 40.1. The Hall–Kier alpha value is -2.17. The maximum absolute atomic E-state index is 13.6. The molecule has 0 aromatic heterocycles. The van der Waals surface area contributed by atoms with E-state index in [1.165, 1.54) is 12.1 Å². The molecule has 0 saturated heterocycles. The summed E-state index contributed by atoms with van der Waals surface area (Å²) in [5.74, 6) is -2.79. The summed E-state index contributed by atoms with van der Waals surface area (Å²) in [5, 5.41) is 12.0. The number of aromatic hydroxyl groups is 1. The molecule has 0 fully saturated rings. The van der Waals surface area contributed by atoms with Crippen molar-refractivity contribution in [1.29, 1.82) is 0 Å². The van der Waals surface area contributed by atoms with Crippen molar-refractivity contribution in [2.45, 2.75) is 19.4 Å². The largest absolute Gasteiger partial charge is 0.508 e. The van der Waals surface area contributed by atoms with Gasteiger partial charge in [0.2, 0.25) is 0 Å². The second-order valence-electron chi connectivity index (χ2n) is 4.44. The molecule has 2 rings (SSSR count). The highest BCUT2D eigenvalue weighted by Gasteiger charge is 2.16. The van der Waals surface area contributed by atoms with E-state index in [0.717, 1.165) is 5.56 Å². The standard InChI is InChI=1S/C15H14F3NO/c1-2-14(9-3-5-11(20)6-4-9)19-15-12(17)7-10(16)8-13(15)18/h3-8,14,19-20H,2H2,1H3. The Morgan fingerprint density at radius 2 is 1.60 bits per heavy atom. The van der Waals surface area contributed by atoms with E-state index in [1.807, 2.05) is 6.92 Å². The fourth-order valence-corrected chi connectivity index (χ4v) is 1.98. The van der Waals surface area contributed by atoms with Crippen LogP contribution in [-0.4, -0.2) is 5.11 Å². The van der Waals surface area contributed by atoms with Crippen molar-refractivity contribution in [2.75, 3.05) is 5.32 Å². The molecule has 2 nitrogen and oxygen atoms in total. The number of halogens is 3. The van der Waals surface area contributed by atoms with E-state index in [4.69, 9.17) is 0 Å². The number of benzene rings is 2. The summed E-state index contributed by atoms with van der Waals surface area (Å²) in [6, 6.07) is 7.24. The smallest absolute Gasteiger partial charge is 0.152 e. The average molecular weight is 281 g/mol. The Kier molecular flexibility index (Phi) is 4.17. The Labute approximate surface area is 114 Å². The van der Waals surface area contributed by atoms with Crippen LogP contribution in [-0.2, 0) is 0 Å². The molecule has 1 unspecified atom stereocenters. The van der Waals surface area contributed by atoms with Crippen LogP contribution in [0.25, 0.3) is 0 Å². The molecule has 1 atom stereocenters. The lowest BCUT2D eigenvalue weighted by atomic mass is 10.0. The van der Waals surface area contributed by atoms with E-state index in [2.05, 4.69) is 5.32 Å². The van der Waals surface area contributed by atoms with Gasteiger partial charge in [-0.15, -0.1) is 0 Å². The highest BCUT2D eigenvalue weighted by Crippen LogP contribution is 2.28. The van der Waals surface area contributed by atoms with Crippen LogP contribution >= 0.6 is 0 Å². The topological polar surface area (TPSA) is 32.3 Å². The summed E-state index contributed by atoms with van der Waals surface area (Å²) in [7, 11) is 0. The summed E-state index contributed by atoms with van der Waals surface area (Å²) in [5.41, 5.74) is 0.416. The van der Waals surface area contributed by atoms with Gasteiger partial charge < -0.3 is 10.4 Å². The second-order valence-corrected chi connectivity index (χ2v) is 4.44. The van der Waals surface area contributed by atoms with Crippen LogP contribution in [0.1, 0.15) is 24.9 Å². The third-order valence-corrected chi connectivity index (χ3v) is 3.03. The normalized spacial score (nSPS) is 12.2. The van der Waals surface area contributed by atoms with Crippen LogP contribution in [0.2, 0.25) is 0 Å². The minimum atomic E-state index is -0.972. The molecule has 0 radical (unpaired) electrons. The number of anilines is 1. The predicted octanol–water partition coefficient (Wildman–Crippen LogP) is 4.37. The second kappa shape index (κ2) is 5.86. The molecule has 2 aromatic rings. The van der Waals surface area contributed by atoms with Gasteiger partial charge in [0.15, 0.2) is 11.6 Å². The van der Waals surface area contributed by atoms with Crippen LogP contribution < -0.4 is 5.32 Å². The number of hydrogen-bond acceptors (Lipinski definition) is 2. The first-order valence-corrected chi connectivity index (χ1v) is 6.21.